The first-order chi connectivity index (χ1) is 12.3. The highest BCUT2D eigenvalue weighted by molar-refractivity contribution is 5.91. The van der Waals surface area contributed by atoms with E-state index >= 15 is 0 Å². The van der Waals surface area contributed by atoms with Crippen LogP contribution in [0.15, 0.2) is 47.0 Å². The molecule has 1 fully saturated rings. The van der Waals surface area contributed by atoms with Gasteiger partial charge in [0.05, 0.1) is 13.2 Å². The van der Waals surface area contributed by atoms with Gasteiger partial charge in [-0.2, -0.15) is 0 Å². The number of ether oxygens (including phenoxy) is 2. The minimum atomic E-state index is -0.334. The van der Waals surface area contributed by atoms with Crippen LogP contribution in [0.25, 0.3) is 22.2 Å². The molecule has 2 heterocycles. The molecule has 0 spiro atoms. The summed E-state index contributed by atoms with van der Waals surface area (Å²) in [6.45, 7) is 5.05. The number of rotatable bonds is 5. The maximum absolute atomic E-state index is 13.2. The monoisotopic (exact) mass is 342 g/mol. The summed E-state index contributed by atoms with van der Waals surface area (Å²) in [6, 6.07) is 12.1. The van der Waals surface area contributed by atoms with Crippen molar-refractivity contribution >= 4 is 11.0 Å². The van der Waals surface area contributed by atoms with Crippen LogP contribution in [0.5, 0.6) is 5.75 Å². The van der Waals surface area contributed by atoms with Gasteiger partial charge >= 0.3 is 0 Å². The normalized spacial score (nSPS) is 15.6. The van der Waals surface area contributed by atoms with Gasteiger partial charge in [-0.3, -0.25) is 4.90 Å². The zero-order valence-electron chi connectivity index (χ0n) is 13.8. The van der Waals surface area contributed by atoms with Crippen molar-refractivity contribution in [1.29, 1.82) is 0 Å². The van der Waals surface area contributed by atoms with Crippen LogP contribution in [0.1, 0.15) is 0 Å². The lowest BCUT2D eigenvalue weighted by atomic mass is 10.1. The zero-order valence-corrected chi connectivity index (χ0v) is 13.8. The number of aromatic nitrogens is 1. The van der Waals surface area contributed by atoms with Gasteiger partial charge < -0.3 is 14.0 Å². The Bertz CT molecular complexity index is 842. The third kappa shape index (κ3) is 3.65. The lowest BCUT2D eigenvalue weighted by Gasteiger charge is -2.26. The van der Waals surface area contributed by atoms with E-state index in [1.807, 2.05) is 24.3 Å². The Labute approximate surface area is 144 Å². The van der Waals surface area contributed by atoms with E-state index in [9.17, 15) is 4.39 Å². The average Bonchev–Trinajstić information content (AvgIpc) is 3.06. The van der Waals surface area contributed by atoms with E-state index in [-0.39, 0.29) is 5.82 Å². The molecule has 3 aromatic rings. The second kappa shape index (κ2) is 7.21. The molecule has 2 aromatic carbocycles. The van der Waals surface area contributed by atoms with Crippen LogP contribution in [0.2, 0.25) is 0 Å². The summed E-state index contributed by atoms with van der Waals surface area (Å²) in [4.78, 5) is 2.33. The predicted octanol–water partition coefficient (Wildman–Crippen LogP) is 3.34. The molecule has 0 aliphatic carbocycles. The van der Waals surface area contributed by atoms with Gasteiger partial charge in [0.25, 0.3) is 0 Å². The largest absolute Gasteiger partial charge is 0.492 e. The van der Waals surface area contributed by atoms with E-state index < -0.39 is 0 Å². The number of nitrogens with zero attached hydrogens (tertiary/aromatic N) is 2. The van der Waals surface area contributed by atoms with Gasteiger partial charge in [0.1, 0.15) is 23.9 Å². The summed E-state index contributed by atoms with van der Waals surface area (Å²) in [7, 11) is 0. The molecule has 1 aliphatic rings. The molecule has 0 unspecified atom stereocenters. The van der Waals surface area contributed by atoms with Crippen molar-refractivity contribution in [1.82, 2.24) is 10.1 Å². The lowest BCUT2D eigenvalue weighted by molar-refractivity contribution is 0.0322. The standard InChI is InChI=1S/C19H19FN2O3/c20-15-3-6-17-18(13-15)25-21-19(17)14-1-4-16(5-2-14)24-12-9-22-7-10-23-11-8-22/h1-6,13H,7-12H2. The van der Waals surface area contributed by atoms with Gasteiger partial charge in [0, 0.05) is 36.7 Å². The fourth-order valence-corrected chi connectivity index (χ4v) is 2.95. The Balaban J connectivity index is 1.41. The fourth-order valence-electron chi connectivity index (χ4n) is 2.95. The number of fused-ring (bicyclic) bond motifs is 1. The van der Waals surface area contributed by atoms with Crippen molar-refractivity contribution in [3.63, 3.8) is 0 Å². The molecule has 1 aromatic heterocycles. The summed E-state index contributed by atoms with van der Waals surface area (Å²) >= 11 is 0. The first-order valence-corrected chi connectivity index (χ1v) is 8.38. The molecule has 0 atom stereocenters. The lowest BCUT2D eigenvalue weighted by Crippen LogP contribution is -2.38. The van der Waals surface area contributed by atoms with E-state index in [4.69, 9.17) is 14.0 Å². The van der Waals surface area contributed by atoms with E-state index in [0.29, 0.717) is 17.9 Å². The van der Waals surface area contributed by atoms with E-state index in [0.717, 1.165) is 49.5 Å². The van der Waals surface area contributed by atoms with Crippen LogP contribution >= 0.6 is 0 Å². The molecule has 25 heavy (non-hydrogen) atoms. The quantitative estimate of drug-likeness (QED) is 0.712. The summed E-state index contributed by atoms with van der Waals surface area (Å²) in [5, 5.41) is 4.85. The summed E-state index contributed by atoms with van der Waals surface area (Å²) in [5.74, 6) is 0.482. The highest BCUT2D eigenvalue weighted by Gasteiger charge is 2.12. The van der Waals surface area contributed by atoms with Crippen molar-refractivity contribution in [2.75, 3.05) is 39.5 Å². The van der Waals surface area contributed by atoms with Gasteiger partial charge in [-0.05, 0) is 36.4 Å². The maximum atomic E-state index is 13.2. The van der Waals surface area contributed by atoms with Crippen LogP contribution in [-0.4, -0.2) is 49.5 Å². The molecule has 0 bridgehead atoms. The molecule has 1 saturated heterocycles. The molecule has 0 N–H and O–H groups in total. The van der Waals surface area contributed by atoms with Crippen molar-refractivity contribution in [2.24, 2.45) is 0 Å². The first-order valence-electron chi connectivity index (χ1n) is 8.38. The first kappa shape index (κ1) is 16.1. The molecule has 5 nitrogen and oxygen atoms in total. The number of halogens is 1. The van der Waals surface area contributed by atoms with Gasteiger partial charge in [-0.25, -0.2) is 4.39 Å². The van der Waals surface area contributed by atoms with Crippen molar-refractivity contribution in [2.45, 2.75) is 0 Å². The van der Waals surface area contributed by atoms with E-state index in [1.165, 1.54) is 12.1 Å². The second-order valence-corrected chi connectivity index (χ2v) is 6.00. The Kier molecular flexibility index (Phi) is 4.63. The fraction of sp³-hybridized carbons (Fsp3) is 0.316. The molecular formula is C19H19FN2O3. The van der Waals surface area contributed by atoms with Gasteiger partial charge in [0.2, 0.25) is 0 Å². The zero-order chi connectivity index (χ0) is 17.1. The Hall–Kier alpha value is -2.44. The Morgan fingerprint density at radius 3 is 2.68 bits per heavy atom. The summed E-state index contributed by atoms with van der Waals surface area (Å²) in [5.41, 5.74) is 2.06. The van der Waals surface area contributed by atoms with Crippen LogP contribution in [0, 0.1) is 5.82 Å². The van der Waals surface area contributed by atoms with Gasteiger partial charge in [-0.15, -0.1) is 0 Å². The van der Waals surface area contributed by atoms with Crippen LogP contribution in [0.3, 0.4) is 0 Å². The van der Waals surface area contributed by atoms with Crippen LogP contribution in [-0.2, 0) is 4.74 Å². The van der Waals surface area contributed by atoms with Crippen LogP contribution < -0.4 is 4.74 Å². The number of benzene rings is 2. The average molecular weight is 342 g/mol. The molecule has 0 radical (unpaired) electrons. The molecule has 1 aliphatic heterocycles. The molecule has 4 rings (SSSR count). The van der Waals surface area contributed by atoms with Crippen molar-refractivity contribution in [3.8, 4) is 17.0 Å². The highest BCUT2D eigenvalue weighted by atomic mass is 19.1. The minimum absolute atomic E-state index is 0.334. The molecule has 0 saturated carbocycles. The Morgan fingerprint density at radius 2 is 1.88 bits per heavy atom. The number of hydrogen-bond donors (Lipinski definition) is 0. The van der Waals surface area contributed by atoms with Gasteiger partial charge in [0.15, 0.2) is 5.58 Å². The van der Waals surface area contributed by atoms with Crippen molar-refractivity contribution in [3.05, 3.63) is 48.3 Å². The summed E-state index contributed by atoms with van der Waals surface area (Å²) < 4.78 is 29.6. The number of hydrogen-bond acceptors (Lipinski definition) is 5. The van der Waals surface area contributed by atoms with E-state index in [1.54, 1.807) is 6.07 Å². The molecule has 6 heteroatoms. The van der Waals surface area contributed by atoms with E-state index in [2.05, 4.69) is 10.1 Å². The summed E-state index contributed by atoms with van der Waals surface area (Å²) in [6.07, 6.45) is 0. The molecular weight excluding hydrogens is 323 g/mol. The second-order valence-electron chi connectivity index (χ2n) is 6.00. The SMILES string of the molecule is Fc1ccc2c(-c3ccc(OCCN4CCOCC4)cc3)noc2c1. The topological polar surface area (TPSA) is 47.7 Å². The van der Waals surface area contributed by atoms with Crippen LogP contribution in [0.4, 0.5) is 4.39 Å². The number of morpholine rings is 1. The predicted molar refractivity (Wildman–Crippen MR) is 92.2 cm³/mol. The van der Waals surface area contributed by atoms with Gasteiger partial charge in [-0.1, -0.05) is 5.16 Å². The molecule has 0 amide bonds. The third-order valence-electron chi connectivity index (χ3n) is 4.34. The minimum Gasteiger partial charge on any atom is -0.492 e. The smallest absolute Gasteiger partial charge is 0.170 e. The highest BCUT2D eigenvalue weighted by Crippen LogP contribution is 2.29. The molecule has 130 valence electrons. The van der Waals surface area contributed by atoms with Crippen molar-refractivity contribution < 1.29 is 18.4 Å². The third-order valence-corrected chi connectivity index (χ3v) is 4.34. The maximum Gasteiger partial charge on any atom is 0.170 e. The Morgan fingerprint density at radius 1 is 1.08 bits per heavy atom.